The molecule has 0 spiro atoms. The summed E-state index contributed by atoms with van der Waals surface area (Å²) in [7, 11) is 0. The third-order valence-corrected chi connectivity index (χ3v) is 5.65. The van der Waals surface area contributed by atoms with E-state index in [0.717, 1.165) is 27.5 Å². The molecule has 0 amide bonds. The van der Waals surface area contributed by atoms with Gasteiger partial charge in [-0.15, -0.1) is 16.8 Å². The third kappa shape index (κ3) is 3.53. The molecule has 29 heavy (non-hydrogen) atoms. The Morgan fingerprint density at radius 3 is 2.62 bits per heavy atom. The molecular weight excluding hydrogens is 384 g/mol. The van der Waals surface area contributed by atoms with Gasteiger partial charge in [0.25, 0.3) is 5.56 Å². The highest BCUT2D eigenvalue weighted by Gasteiger charge is 2.16. The number of para-hydroxylation sites is 2. The minimum Gasteiger partial charge on any atom is -0.492 e. The fourth-order valence-corrected chi connectivity index (χ4v) is 4.18. The lowest BCUT2D eigenvalue weighted by molar-refractivity contribution is 0.339. The molecule has 2 aromatic carbocycles. The van der Waals surface area contributed by atoms with E-state index in [1.54, 1.807) is 22.4 Å². The second kappa shape index (κ2) is 8.13. The Labute approximate surface area is 172 Å². The maximum Gasteiger partial charge on any atom is 0.263 e. The Hall–Kier alpha value is -3.06. The minimum absolute atomic E-state index is 0.0877. The monoisotopic (exact) mass is 406 g/mol. The van der Waals surface area contributed by atoms with Crippen molar-refractivity contribution >= 4 is 28.4 Å². The van der Waals surface area contributed by atoms with Crippen molar-refractivity contribution in [1.29, 1.82) is 0 Å². The van der Waals surface area contributed by atoms with Gasteiger partial charge >= 0.3 is 0 Å². The van der Waals surface area contributed by atoms with E-state index in [1.807, 2.05) is 60.7 Å². The van der Waals surface area contributed by atoms with Crippen molar-refractivity contribution in [3.05, 3.63) is 76.6 Å². The van der Waals surface area contributed by atoms with Gasteiger partial charge < -0.3 is 4.74 Å². The van der Waals surface area contributed by atoms with E-state index in [0.29, 0.717) is 30.1 Å². The van der Waals surface area contributed by atoms with E-state index in [2.05, 4.69) is 16.8 Å². The summed E-state index contributed by atoms with van der Waals surface area (Å²) < 4.78 is 9.53. The smallest absolute Gasteiger partial charge is 0.263 e. The number of aromatic nitrogens is 4. The SMILES string of the molecule is C=CCn1c(=O)c2ccccc2n2c(SCCOc3c(C)cccc3C)nnc12. The van der Waals surface area contributed by atoms with Gasteiger partial charge in [0, 0.05) is 12.3 Å². The molecule has 4 rings (SSSR count). The topological polar surface area (TPSA) is 61.4 Å². The van der Waals surface area contributed by atoms with Gasteiger partial charge in [0.2, 0.25) is 5.78 Å². The minimum atomic E-state index is -0.0877. The Morgan fingerprint density at radius 1 is 1.10 bits per heavy atom. The molecule has 0 aliphatic rings. The molecule has 0 saturated carbocycles. The average Bonchev–Trinajstić information content (AvgIpc) is 3.14. The summed E-state index contributed by atoms with van der Waals surface area (Å²) in [6.07, 6.45) is 1.69. The number of ether oxygens (including phenoxy) is 1. The third-order valence-electron chi connectivity index (χ3n) is 4.76. The molecule has 6 nitrogen and oxygen atoms in total. The highest BCUT2D eigenvalue weighted by atomic mass is 32.2. The molecule has 0 aliphatic carbocycles. The van der Waals surface area contributed by atoms with E-state index in [9.17, 15) is 4.79 Å². The number of nitrogens with zero attached hydrogens (tertiary/aromatic N) is 4. The Balaban J connectivity index is 1.63. The zero-order valence-corrected chi connectivity index (χ0v) is 17.3. The molecule has 0 aliphatic heterocycles. The van der Waals surface area contributed by atoms with Crippen LogP contribution in [0.5, 0.6) is 5.75 Å². The van der Waals surface area contributed by atoms with Crippen LogP contribution in [0.4, 0.5) is 0 Å². The quantitative estimate of drug-likeness (QED) is 0.264. The first-order valence-electron chi connectivity index (χ1n) is 9.41. The van der Waals surface area contributed by atoms with Gasteiger partial charge in [0.05, 0.1) is 17.5 Å². The lowest BCUT2D eigenvalue weighted by Crippen LogP contribution is -2.22. The lowest BCUT2D eigenvalue weighted by atomic mass is 10.1. The van der Waals surface area contributed by atoms with Crippen molar-refractivity contribution in [3.63, 3.8) is 0 Å². The highest BCUT2D eigenvalue weighted by molar-refractivity contribution is 7.99. The Bertz CT molecular complexity index is 1240. The largest absolute Gasteiger partial charge is 0.492 e. The van der Waals surface area contributed by atoms with Crippen LogP contribution in [0, 0.1) is 13.8 Å². The first-order valence-corrected chi connectivity index (χ1v) is 10.4. The molecule has 0 saturated heterocycles. The van der Waals surface area contributed by atoms with Crippen LogP contribution in [0.15, 0.2) is 65.1 Å². The number of benzene rings is 2. The predicted molar refractivity (Wildman–Crippen MR) is 117 cm³/mol. The van der Waals surface area contributed by atoms with E-state index >= 15 is 0 Å². The Kier molecular flexibility index (Phi) is 5.40. The second-order valence-corrected chi connectivity index (χ2v) is 7.82. The van der Waals surface area contributed by atoms with E-state index in [4.69, 9.17) is 4.74 Å². The molecule has 0 bridgehead atoms. The molecule has 0 radical (unpaired) electrons. The maximum atomic E-state index is 12.8. The molecule has 0 unspecified atom stereocenters. The molecule has 0 atom stereocenters. The number of allylic oxidation sites excluding steroid dienone is 1. The summed E-state index contributed by atoms with van der Waals surface area (Å²) in [6.45, 7) is 8.78. The standard InChI is InChI=1S/C22H22N4O2S/c1-4-12-25-20(27)17-10-5-6-11-18(17)26-21(25)23-24-22(26)29-14-13-28-19-15(2)8-7-9-16(19)3/h4-11H,1,12-14H2,2-3H3. The van der Waals surface area contributed by atoms with Crippen molar-refractivity contribution in [3.8, 4) is 5.75 Å². The number of hydrogen-bond acceptors (Lipinski definition) is 5. The predicted octanol–water partition coefficient (Wildman–Crippen LogP) is 4.02. The van der Waals surface area contributed by atoms with Crippen molar-refractivity contribution in [2.75, 3.05) is 12.4 Å². The van der Waals surface area contributed by atoms with Gasteiger partial charge in [-0.25, -0.2) is 0 Å². The van der Waals surface area contributed by atoms with Crippen LogP contribution in [-0.4, -0.2) is 31.5 Å². The molecular formula is C22H22N4O2S. The number of thioether (sulfide) groups is 1. The number of fused-ring (bicyclic) bond motifs is 3. The van der Waals surface area contributed by atoms with Crippen LogP contribution in [0.2, 0.25) is 0 Å². The second-order valence-electron chi connectivity index (χ2n) is 6.76. The van der Waals surface area contributed by atoms with Gasteiger partial charge in [0.1, 0.15) is 5.75 Å². The van der Waals surface area contributed by atoms with Crippen LogP contribution in [0.25, 0.3) is 16.7 Å². The molecule has 2 heterocycles. The van der Waals surface area contributed by atoms with Gasteiger partial charge in [-0.3, -0.25) is 13.8 Å². The zero-order valence-electron chi connectivity index (χ0n) is 16.5. The summed E-state index contributed by atoms with van der Waals surface area (Å²) >= 11 is 1.56. The van der Waals surface area contributed by atoms with Crippen LogP contribution in [-0.2, 0) is 6.54 Å². The normalized spacial score (nSPS) is 11.2. The maximum absolute atomic E-state index is 12.8. The van der Waals surface area contributed by atoms with Gasteiger partial charge in [-0.2, -0.15) is 0 Å². The summed E-state index contributed by atoms with van der Waals surface area (Å²) in [5.41, 5.74) is 2.97. The van der Waals surface area contributed by atoms with E-state index in [-0.39, 0.29) is 5.56 Å². The van der Waals surface area contributed by atoms with Gasteiger partial charge in [-0.05, 0) is 37.1 Å². The number of rotatable bonds is 7. The van der Waals surface area contributed by atoms with Crippen molar-refractivity contribution in [2.45, 2.75) is 25.5 Å². The van der Waals surface area contributed by atoms with E-state index < -0.39 is 0 Å². The summed E-state index contributed by atoms with van der Waals surface area (Å²) in [5, 5.41) is 9.99. The molecule has 0 fully saturated rings. The summed E-state index contributed by atoms with van der Waals surface area (Å²) in [5.74, 6) is 2.17. The Morgan fingerprint density at radius 2 is 1.86 bits per heavy atom. The summed E-state index contributed by atoms with van der Waals surface area (Å²) in [4.78, 5) is 12.8. The molecule has 0 N–H and O–H groups in total. The van der Waals surface area contributed by atoms with Crippen LogP contribution >= 0.6 is 11.8 Å². The van der Waals surface area contributed by atoms with Crippen LogP contribution < -0.4 is 10.3 Å². The first kappa shape index (κ1) is 19.3. The first-order chi connectivity index (χ1) is 14.1. The molecule has 2 aromatic heterocycles. The van der Waals surface area contributed by atoms with E-state index in [1.165, 1.54) is 0 Å². The molecule has 148 valence electrons. The molecule has 7 heteroatoms. The van der Waals surface area contributed by atoms with Crippen molar-refractivity contribution in [1.82, 2.24) is 19.2 Å². The van der Waals surface area contributed by atoms with Crippen LogP contribution in [0.3, 0.4) is 0 Å². The van der Waals surface area contributed by atoms with Gasteiger partial charge in [-0.1, -0.05) is 48.2 Å². The molecule has 4 aromatic rings. The number of hydrogen-bond donors (Lipinski definition) is 0. The summed E-state index contributed by atoms with van der Waals surface area (Å²) in [6, 6.07) is 13.7. The average molecular weight is 407 g/mol. The fraction of sp³-hybridized carbons (Fsp3) is 0.227. The van der Waals surface area contributed by atoms with Crippen LogP contribution in [0.1, 0.15) is 11.1 Å². The fourth-order valence-electron chi connectivity index (χ4n) is 3.42. The lowest BCUT2D eigenvalue weighted by Gasteiger charge is -2.12. The van der Waals surface area contributed by atoms with Crippen molar-refractivity contribution in [2.24, 2.45) is 0 Å². The zero-order chi connectivity index (χ0) is 20.4. The van der Waals surface area contributed by atoms with Crippen molar-refractivity contribution < 1.29 is 4.74 Å². The van der Waals surface area contributed by atoms with Gasteiger partial charge in [0.15, 0.2) is 5.16 Å². The number of aryl methyl sites for hydroxylation is 2. The highest BCUT2D eigenvalue weighted by Crippen LogP contribution is 2.24.